The zero-order chi connectivity index (χ0) is 101. The van der Waals surface area contributed by atoms with E-state index in [1.165, 1.54) is 0 Å². The summed E-state index contributed by atoms with van der Waals surface area (Å²) in [5.41, 5.74) is 0. The fraction of sp³-hybridized carbons (Fsp3) is 0.934. The average molecular weight is 2010 g/mol. The van der Waals surface area contributed by atoms with E-state index in [4.69, 9.17) is 99.5 Å². The number of aliphatic hydroxyl groups is 30. The minimum absolute atomic E-state index is 0.830. The standard InChI is InChI=1S/C76H127N5O56/c1-17(93)77-33-42(102)56(26(10-86)117-66(33)116)128-67-34(78-18(2)94)44(104)60(30(14-90)122-67)133-74-55(115)63(62(32(16-92)126-74)134-75-64(50(110)41(101)25(9-85)121-75)136-69-36(80-20(4)96)45(105)58(28(12-88)124-69)131-72-52(112)48(108)39(99)23(7-83)119-72)135-76-65(137-70-37(81-21(5)97)46(106)59(29(13-89)125-70)132-73-53(113)49(109)40(100)24(8-84)120-73)54(114)61(31(15-91)127-76)129-68-35(79-19(3)95)43(103)57(27(11-87)123-68)130-71-51(111)47(107)38(98)22(6-82)118-71/h22-76,82-92,98-116H,6-16H2,1-5H3,(H,77,93)(H,78,94)(H,79,95)(H,80,96)(H,81,97)/t22-,23-,24-,25-,26-,27-,28-,29-,30-,31-,32-,33-,34-,35-,36-,37-,38+,39+,40+,41-,42-,43-,44-,45-,46-,47+,48+,49+,50+,51-,52-,53-,54+,55-,56-,57-,58-,59-,60-,61-,62-,63-,64+,65+,66?,67+,68+,69+,70+,71+,72+,73+,74+,75-,76-/m1/s1. The van der Waals surface area contributed by atoms with Gasteiger partial charge in [0.15, 0.2) is 69.2 Å². The molecule has 0 aromatic rings. The molecular formula is C76H127N5O56. The van der Waals surface area contributed by atoms with Gasteiger partial charge in [-0.05, 0) is 0 Å². The molecule has 0 bridgehead atoms. The number of carbonyl (C=O) groups excluding carboxylic acids is 5. The molecule has 11 heterocycles. The molecule has 5 amide bonds. The molecule has 792 valence electrons. The van der Waals surface area contributed by atoms with Crippen LogP contribution in [0, 0.1) is 0 Å². The third-order valence-corrected chi connectivity index (χ3v) is 25.0. The van der Waals surface area contributed by atoms with Crippen molar-refractivity contribution in [1.82, 2.24) is 26.6 Å². The maximum Gasteiger partial charge on any atom is 0.217 e. The molecule has 55 atom stereocenters. The van der Waals surface area contributed by atoms with Crippen LogP contribution in [0.25, 0.3) is 0 Å². The average Bonchev–Trinajstić information content (AvgIpc) is 0.750. The summed E-state index contributed by atoms with van der Waals surface area (Å²) in [6.45, 7) is -8.88. The van der Waals surface area contributed by atoms with Crippen LogP contribution in [-0.2, 0) is 123 Å². The van der Waals surface area contributed by atoms with Crippen molar-refractivity contribution >= 4 is 29.5 Å². The molecule has 11 aliphatic heterocycles. The molecule has 11 aliphatic rings. The van der Waals surface area contributed by atoms with Crippen molar-refractivity contribution in [2.75, 3.05) is 72.7 Å². The summed E-state index contributed by atoms with van der Waals surface area (Å²) in [6, 6.07) is -10.1. The molecule has 61 nitrogen and oxygen atoms in total. The van der Waals surface area contributed by atoms with Gasteiger partial charge in [0, 0.05) is 34.6 Å². The van der Waals surface area contributed by atoms with Gasteiger partial charge in [-0.3, -0.25) is 24.0 Å². The topological polar surface area (TPSA) is 946 Å². The summed E-state index contributed by atoms with van der Waals surface area (Å²) in [5.74, 6) is -4.99. The molecule has 0 aromatic carbocycles. The van der Waals surface area contributed by atoms with Crippen LogP contribution in [0.5, 0.6) is 0 Å². The van der Waals surface area contributed by atoms with Gasteiger partial charge < -0.3 is 279 Å². The fourth-order valence-corrected chi connectivity index (χ4v) is 17.9. The first-order chi connectivity index (χ1) is 64.9. The largest absolute Gasteiger partial charge is 0.394 e. The number of hydrogen-bond donors (Lipinski definition) is 35. The second-order valence-electron chi connectivity index (χ2n) is 34.5. The smallest absolute Gasteiger partial charge is 0.217 e. The van der Waals surface area contributed by atoms with Crippen LogP contribution in [0.1, 0.15) is 34.6 Å². The molecule has 0 spiro atoms. The highest BCUT2D eigenvalue weighted by atomic mass is 16.8. The van der Waals surface area contributed by atoms with Crippen LogP contribution < -0.4 is 26.6 Å². The summed E-state index contributed by atoms with van der Waals surface area (Å²) in [4.78, 5) is 65.5. The molecule has 0 aliphatic carbocycles. The Morgan fingerprint density at radius 3 is 0.642 bits per heavy atom. The van der Waals surface area contributed by atoms with Crippen molar-refractivity contribution in [2.24, 2.45) is 0 Å². The molecule has 0 radical (unpaired) electrons. The van der Waals surface area contributed by atoms with Gasteiger partial charge in [0.2, 0.25) is 29.5 Å². The predicted molar refractivity (Wildman–Crippen MR) is 420 cm³/mol. The normalized spacial score (nSPS) is 48.9. The van der Waals surface area contributed by atoms with Crippen LogP contribution >= 0.6 is 0 Å². The molecule has 35 N–H and O–H groups in total. The van der Waals surface area contributed by atoms with Crippen LogP contribution in [-0.4, -0.2) is 593 Å². The Hall–Kier alpha value is -4.69. The van der Waals surface area contributed by atoms with E-state index in [1.54, 1.807) is 0 Å². The van der Waals surface area contributed by atoms with E-state index >= 15 is 0 Å². The minimum Gasteiger partial charge on any atom is -0.394 e. The zero-order valence-electron chi connectivity index (χ0n) is 73.6. The van der Waals surface area contributed by atoms with Gasteiger partial charge in [0.1, 0.15) is 268 Å². The van der Waals surface area contributed by atoms with E-state index in [-0.39, 0.29) is 0 Å². The molecule has 61 heteroatoms. The number of rotatable bonds is 36. The van der Waals surface area contributed by atoms with Gasteiger partial charge in [-0.1, -0.05) is 0 Å². The van der Waals surface area contributed by atoms with Crippen LogP contribution in [0.4, 0.5) is 0 Å². The number of amides is 5. The van der Waals surface area contributed by atoms with Crippen LogP contribution in [0.2, 0.25) is 0 Å². The Labute approximate surface area is 775 Å². The molecular weight excluding hydrogens is 1880 g/mol. The summed E-state index contributed by atoms with van der Waals surface area (Å²) in [5, 5.41) is 351. The van der Waals surface area contributed by atoms with E-state index in [0.29, 0.717) is 0 Å². The van der Waals surface area contributed by atoms with E-state index < -0.39 is 440 Å². The van der Waals surface area contributed by atoms with Crippen molar-refractivity contribution in [3.05, 3.63) is 0 Å². The van der Waals surface area contributed by atoms with E-state index in [9.17, 15) is 177 Å². The van der Waals surface area contributed by atoms with Gasteiger partial charge in [0.05, 0.1) is 72.7 Å². The fourth-order valence-electron chi connectivity index (χ4n) is 17.9. The summed E-state index contributed by atoms with van der Waals surface area (Å²) in [6.07, 6.45) is -111. The maximum absolute atomic E-state index is 13.5. The van der Waals surface area contributed by atoms with E-state index in [0.717, 1.165) is 34.6 Å². The SMILES string of the molecule is CC(=O)N[C@H]1[C@H](O[C@@H]2[C@@H](O[C@@H]3[C@@H](O)[C@H](O[C@H]4[C@H](O)[C@@H](NC(C)=O)[C@H](O[C@H]5[C@H](O)[C@@H](NC(C)=O)C(O)O[C@@H]5CO)O[C@@H]4CO)O[C@H](CO)[C@H]3O[C@H]3O[C@H](CO)[C@@H](O)[C@H](O)[C@@H]3O[C@@H]3O[C@H](CO)[C@@H](O[C@@H]4O[C@H](CO)[C@H](O)[C@H](O)[C@H]4O)[C@H](O)[C@H]3NC(C)=O)O[C@H](CO)[C@@H](O[C@@H]3O[C@H](CO)[C@@H](O[C@@H]4O[C@H](CO)[C@H](O)[C@H](O)[C@H]4O)[C@H](O)[C@H]3NC(C)=O)[C@@H]2O)O[C@H](CO)[C@@H](O[C@@H]2O[C@H](CO)[C@H](O)[C@H](O)[C@H]2O)[C@@H]1O. The van der Waals surface area contributed by atoms with Gasteiger partial charge in [0.25, 0.3) is 0 Å². The van der Waals surface area contributed by atoms with E-state index in [1.807, 2.05) is 0 Å². The molecule has 137 heavy (non-hydrogen) atoms. The lowest BCUT2D eigenvalue weighted by Gasteiger charge is -2.53. The van der Waals surface area contributed by atoms with Gasteiger partial charge in [-0.15, -0.1) is 0 Å². The lowest BCUT2D eigenvalue weighted by atomic mass is 9.93. The van der Waals surface area contributed by atoms with Gasteiger partial charge in [-0.2, -0.15) is 0 Å². The van der Waals surface area contributed by atoms with Crippen molar-refractivity contribution in [3.8, 4) is 0 Å². The summed E-state index contributed by atoms with van der Waals surface area (Å²) >= 11 is 0. The second kappa shape index (κ2) is 49.5. The number of carbonyl (C=O) groups is 5. The highest BCUT2D eigenvalue weighted by Gasteiger charge is 2.64. The van der Waals surface area contributed by atoms with Crippen molar-refractivity contribution in [1.29, 1.82) is 0 Å². The highest BCUT2D eigenvalue weighted by Crippen LogP contribution is 2.43. The van der Waals surface area contributed by atoms with Gasteiger partial charge >= 0.3 is 0 Å². The Morgan fingerprint density at radius 2 is 0.358 bits per heavy atom. The van der Waals surface area contributed by atoms with Gasteiger partial charge in [-0.25, -0.2) is 0 Å². The quantitative estimate of drug-likeness (QED) is 0.0277. The lowest BCUT2D eigenvalue weighted by molar-refractivity contribution is -0.418. The Kier molecular flexibility index (Phi) is 40.7. The number of ether oxygens (including phenoxy) is 21. The number of nitrogens with one attached hydrogen (secondary N) is 5. The molecule has 11 saturated heterocycles. The Balaban J connectivity index is 1.02. The minimum atomic E-state index is -2.84. The van der Waals surface area contributed by atoms with Crippen LogP contribution in [0.3, 0.4) is 0 Å². The molecule has 0 saturated carbocycles. The third kappa shape index (κ3) is 24.8. The second-order valence-corrected chi connectivity index (χ2v) is 34.5. The molecule has 1 unspecified atom stereocenters. The predicted octanol–water partition coefficient (Wildman–Crippen LogP) is -24.3. The lowest BCUT2D eigenvalue weighted by Crippen LogP contribution is -2.72. The summed E-state index contributed by atoms with van der Waals surface area (Å²) in [7, 11) is 0. The molecule has 0 aromatic heterocycles. The maximum atomic E-state index is 13.5. The number of aliphatic hydroxyl groups excluding tert-OH is 30. The zero-order valence-corrected chi connectivity index (χ0v) is 73.6. The monoisotopic (exact) mass is 2010 g/mol. The molecule has 11 rings (SSSR count). The van der Waals surface area contributed by atoms with E-state index in [2.05, 4.69) is 26.6 Å². The molecule has 11 fully saturated rings. The first kappa shape index (κ1) is 113. The first-order valence-electron chi connectivity index (χ1n) is 43.7. The third-order valence-electron chi connectivity index (χ3n) is 25.0. The Morgan fingerprint density at radius 1 is 0.175 bits per heavy atom. The first-order valence-corrected chi connectivity index (χ1v) is 43.7. The van der Waals surface area contributed by atoms with Crippen LogP contribution in [0.15, 0.2) is 0 Å². The Bertz CT molecular complexity index is 3780. The number of hydrogen-bond acceptors (Lipinski definition) is 56. The highest BCUT2D eigenvalue weighted by molar-refractivity contribution is 5.75. The van der Waals surface area contributed by atoms with Crippen molar-refractivity contribution < 1.29 is 277 Å². The summed E-state index contributed by atoms with van der Waals surface area (Å²) < 4.78 is 128. The van der Waals surface area contributed by atoms with Crippen molar-refractivity contribution in [2.45, 2.75) is 372 Å². The van der Waals surface area contributed by atoms with Crippen molar-refractivity contribution in [3.63, 3.8) is 0 Å².